The number of fused-ring (bicyclic) bond motifs is 5. The van der Waals surface area contributed by atoms with Crippen LogP contribution in [-0.2, 0) is 10.2 Å². The molecule has 0 N–H and O–H groups in total. The lowest BCUT2D eigenvalue weighted by molar-refractivity contribution is -0.122. The fraction of sp³-hybridized carbons (Fsp3) is 0.500. The van der Waals surface area contributed by atoms with E-state index < -0.39 is 5.41 Å². The van der Waals surface area contributed by atoms with Crippen LogP contribution < -0.4 is 19.1 Å². The Labute approximate surface area is 189 Å². The molecule has 4 aliphatic rings. The van der Waals surface area contributed by atoms with Gasteiger partial charge in [0.1, 0.15) is 31.0 Å². The number of para-hydroxylation sites is 1. The maximum Gasteiger partial charge on any atom is 0.245 e. The Kier molecular flexibility index (Phi) is 4.61. The largest absolute Gasteiger partial charge is 0.491 e. The molecule has 2 aromatic rings. The van der Waals surface area contributed by atoms with Gasteiger partial charge in [0.2, 0.25) is 5.91 Å². The summed E-state index contributed by atoms with van der Waals surface area (Å²) in [5, 5.41) is 0. The van der Waals surface area contributed by atoms with Gasteiger partial charge in [-0.15, -0.1) is 0 Å². The summed E-state index contributed by atoms with van der Waals surface area (Å²) in [5.74, 6) is 2.76. The van der Waals surface area contributed by atoms with Crippen molar-refractivity contribution >= 4 is 11.6 Å². The number of hydrogen-bond donors (Lipinski definition) is 0. The van der Waals surface area contributed by atoms with Crippen LogP contribution in [-0.4, -0.2) is 56.3 Å². The Morgan fingerprint density at radius 2 is 1.69 bits per heavy atom. The summed E-state index contributed by atoms with van der Waals surface area (Å²) < 4.78 is 17.7. The molecule has 0 aliphatic carbocycles. The fourth-order valence-electron chi connectivity index (χ4n) is 5.80. The Balaban J connectivity index is 1.35. The molecule has 1 spiro atoms. The lowest BCUT2D eigenvalue weighted by Crippen LogP contribution is -2.46. The third-order valence-corrected chi connectivity index (χ3v) is 7.63. The second-order valence-electron chi connectivity index (χ2n) is 9.69. The maximum absolute atomic E-state index is 14.1. The van der Waals surface area contributed by atoms with Gasteiger partial charge in [-0.1, -0.05) is 18.2 Å². The Morgan fingerprint density at radius 3 is 2.44 bits per heavy atom. The summed E-state index contributed by atoms with van der Waals surface area (Å²) in [5.41, 5.74) is 2.16. The molecule has 1 unspecified atom stereocenters. The second kappa shape index (κ2) is 7.41. The van der Waals surface area contributed by atoms with E-state index in [9.17, 15) is 4.79 Å². The number of piperidine rings is 1. The highest BCUT2D eigenvalue weighted by Gasteiger charge is 2.57. The summed E-state index contributed by atoms with van der Waals surface area (Å²) in [6.07, 6.45) is 2.26. The highest BCUT2D eigenvalue weighted by Crippen LogP contribution is 2.55. The summed E-state index contributed by atoms with van der Waals surface area (Å²) >= 11 is 0. The molecular formula is C26H30N2O4. The van der Waals surface area contributed by atoms with E-state index in [1.807, 2.05) is 29.2 Å². The van der Waals surface area contributed by atoms with Crippen molar-refractivity contribution in [3.8, 4) is 17.2 Å². The van der Waals surface area contributed by atoms with Crippen LogP contribution in [0.25, 0.3) is 0 Å². The number of rotatable bonds is 3. The van der Waals surface area contributed by atoms with Crippen molar-refractivity contribution in [3.63, 3.8) is 0 Å². The van der Waals surface area contributed by atoms with Gasteiger partial charge in [-0.25, -0.2) is 0 Å². The van der Waals surface area contributed by atoms with Crippen LogP contribution >= 0.6 is 0 Å². The van der Waals surface area contributed by atoms with E-state index in [0.717, 1.165) is 55.0 Å². The second-order valence-corrected chi connectivity index (χ2v) is 9.69. The standard InChI is InChI=1S/C26H30N2O4/c1-17(2)27-9-7-18(8-10-27)15-28-21-6-4-3-5-19(21)26(25(28)29)16-32-22-14-24-23(13-20(22)26)30-11-12-31-24/h3-6,13-14,17-18H,7-12,15-16H2,1-2H3. The average molecular weight is 435 g/mol. The highest BCUT2D eigenvalue weighted by molar-refractivity contribution is 6.11. The summed E-state index contributed by atoms with van der Waals surface area (Å²) in [7, 11) is 0. The van der Waals surface area contributed by atoms with E-state index >= 15 is 0 Å². The van der Waals surface area contributed by atoms with Crippen molar-refractivity contribution in [1.29, 1.82) is 0 Å². The smallest absolute Gasteiger partial charge is 0.245 e. The van der Waals surface area contributed by atoms with E-state index in [2.05, 4.69) is 30.9 Å². The van der Waals surface area contributed by atoms with Crippen molar-refractivity contribution in [2.24, 2.45) is 5.92 Å². The number of carbonyl (C=O) groups is 1. The van der Waals surface area contributed by atoms with Crippen LogP contribution in [0.1, 0.15) is 37.8 Å². The van der Waals surface area contributed by atoms with E-state index in [-0.39, 0.29) is 5.91 Å². The molecule has 0 aromatic heterocycles. The molecule has 0 saturated carbocycles. The number of likely N-dealkylation sites (tertiary alicyclic amines) is 1. The van der Waals surface area contributed by atoms with Crippen LogP contribution in [0, 0.1) is 5.92 Å². The zero-order chi connectivity index (χ0) is 21.9. The Hall–Kier alpha value is -2.73. The summed E-state index contributed by atoms with van der Waals surface area (Å²) in [6, 6.07) is 12.7. The van der Waals surface area contributed by atoms with Crippen molar-refractivity contribution in [2.75, 3.05) is 44.4 Å². The first kappa shape index (κ1) is 19.9. The lowest BCUT2D eigenvalue weighted by Gasteiger charge is -2.36. The third kappa shape index (κ3) is 2.85. The Morgan fingerprint density at radius 1 is 0.969 bits per heavy atom. The van der Waals surface area contributed by atoms with Crippen LogP contribution in [0.2, 0.25) is 0 Å². The first-order valence-electron chi connectivity index (χ1n) is 11.8. The molecule has 6 heteroatoms. The zero-order valence-corrected chi connectivity index (χ0v) is 18.8. The van der Waals surface area contributed by atoms with E-state index in [4.69, 9.17) is 14.2 Å². The molecule has 0 radical (unpaired) electrons. The van der Waals surface area contributed by atoms with Gasteiger partial charge in [-0.2, -0.15) is 0 Å². The average Bonchev–Trinajstić information content (AvgIpc) is 3.30. The SMILES string of the molecule is CC(C)N1CCC(CN2C(=O)C3(COc4cc5c(cc43)OCCO5)c3ccccc32)CC1. The van der Waals surface area contributed by atoms with Gasteiger partial charge in [0, 0.05) is 29.9 Å². The number of benzene rings is 2. The molecule has 168 valence electrons. The molecule has 1 atom stereocenters. The summed E-state index contributed by atoms with van der Waals surface area (Å²) in [4.78, 5) is 18.7. The van der Waals surface area contributed by atoms with E-state index in [1.165, 1.54) is 0 Å². The van der Waals surface area contributed by atoms with Crippen LogP contribution in [0.3, 0.4) is 0 Å². The number of anilines is 1. The molecule has 1 amide bonds. The minimum Gasteiger partial charge on any atom is -0.491 e. The van der Waals surface area contributed by atoms with E-state index in [0.29, 0.717) is 43.3 Å². The van der Waals surface area contributed by atoms with Gasteiger partial charge < -0.3 is 24.0 Å². The number of hydrogen-bond acceptors (Lipinski definition) is 5. The summed E-state index contributed by atoms with van der Waals surface area (Å²) in [6.45, 7) is 8.87. The molecular weight excluding hydrogens is 404 g/mol. The fourth-order valence-corrected chi connectivity index (χ4v) is 5.80. The molecule has 1 fully saturated rings. The number of nitrogens with zero attached hydrogens (tertiary/aromatic N) is 2. The van der Waals surface area contributed by atoms with Crippen LogP contribution in [0.5, 0.6) is 17.2 Å². The first-order chi connectivity index (χ1) is 15.6. The topological polar surface area (TPSA) is 51.2 Å². The molecule has 32 heavy (non-hydrogen) atoms. The number of ether oxygens (including phenoxy) is 3. The maximum atomic E-state index is 14.1. The monoisotopic (exact) mass is 434 g/mol. The van der Waals surface area contributed by atoms with E-state index in [1.54, 1.807) is 0 Å². The molecule has 6 rings (SSSR count). The van der Waals surface area contributed by atoms with Gasteiger partial charge in [-0.3, -0.25) is 4.79 Å². The lowest BCUT2D eigenvalue weighted by atomic mass is 9.77. The van der Waals surface area contributed by atoms with Crippen LogP contribution in [0.4, 0.5) is 5.69 Å². The molecule has 4 aliphatic heterocycles. The predicted octanol–water partition coefficient (Wildman–Crippen LogP) is 3.60. The molecule has 4 heterocycles. The predicted molar refractivity (Wildman–Crippen MR) is 122 cm³/mol. The quantitative estimate of drug-likeness (QED) is 0.739. The van der Waals surface area contributed by atoms with Crippen molar-refractivity contribution in [1.82, 2.24) is 4.90 Å². The highest BCUT2D eigenvalue weighted by atomic mass is 16.6. The minimum atomic E-state index is -0.805. The third-order valence-electron chi connectivity index (χ3n) is 7.63. The first-order valence-corrected chi connectivity index (χ1v) is 11.8. The van der Waals surface area contributed by atoms with Gasteiger partial charge >= 0.3 is 0 Å². The molecule has 1 saturated heterocycles. The van der Waals surface area contributed by atoms with Crippen molar-refractivity contribution in [2.45, 2.75) is 38.1 Å². The van der Waals surface area contributed by atoms with Crippen molar-refractivity contribution < 1.29 is 19.0 Å². The van der Waals surface area contributed by atoms with Gasteiger partial charge in [-0.05, 0) is 63.4 Å². The minimum absolute atomic E-state index is 0.125. The molecule has 2 aromatic carbocycles. The Bertz CT molecular complexity index is 1060. The zero-order valence-electron chi connectivity index (χ0n) is 18.8. The number of carbonyl (C=O) groups excluding carboxylic acids is 1. The van der Waals surface area contributed by atoms with Crippen molar-refractivity contribution in [3.05, 3.63) is 47.5 Å². The van der Waals surface area contributed by atoms with Gasteiger partial charge in [0.15, 0.2) is 11.5 Å². The molecule has 6 nitrogen and oxygen atoms in total. The molecule has 0 bridgehead atoms. The number of amides is 1. The van der Waals surface area contributed by atoms with Gasteiger partial charge in [0.05, 0.1) is 0 Å². The van der Waals surface area contributed by atoms with Crippen LogP contribution in [0.15, 0.2) is 36.4 Å². The normalized spacial score (nSPS) is 24.7. The van der Waals surface area contributed by atoms with Gasteiger partial charge in [0.25, 0.3) is 0 Å².